The van der Waals surface area contributed by atoms with Crippen LogP contribution < -0.4 is 10.5 Å². The summed E-state index contributed by atoms with van der Waals surface area (Å²) in [6.45, 7) is 7.21. The molecule has 0 aliphatic carbocycles. The van der Waals surface area contributed by atoms with Gasteiger partial charge in [-0.15, -0.1) is 0 Å². The number of hydrogen-bond donors (Lipinski definition) is 1. The Labute approximate surface area is 110 Å². The zero-order valence-electron chi connectivity index (χ0n) is 11.4. The van der Waals surface area contributed by atoms with Crippen molar-refractivity contribution in [1.82, 2.24) is 4.90 Å². The van der Waals surface area contributed by atoms with Gasteiger partial charge in [0.25, 0.3) is 0 Å². The van der Waals surface area contributed by atoms with Gasteiger partial charge in [-0.05, 0) is 44.4 Å². The van der Waals surface area contributed by atoms with Crippen LogP contribution in [0.1, 0.15) is 38.3 Å². The molecule has 1 aromatic carbocycles. The van der Waals surface area contributed by atoms with Crippen molar-refractivity contribution < 1.29 is 4.74 Å². The number of nitrogens with zero attached hydrogens (tertiary/aromatic N) is 1. The van der Waals surface area contributed by atoms with Gasteiger partial charge in [-0.2, -0.15) is 0 Å². The molecule has 0 bridgehead atoms. The van der Waals surface area contributed by atoms with Crippen LogP contribution in [0.15, 0.2) is 24.3 Å². The molecular weight excluding hydrogens is 224 g/mol. The predicted molar refractivity (Wildman–Crippen MR) is 74.8 cm³/mol. The third-order valence-electron chi connectivity index (χ3n) is 3.80. The Morgan fingerprint density at radius 3 is 2.44 bits per heavy atom. The molecule has 1 aliphatic rings. The van der Waals surface area contributed by atoms with Crippen LogP contribution in [0.5, 0.6) is 5.75 Å². The van der Waals surface area contributed by atoms with Gasteiger partial charge in [0.05, 0.1) is 6.61 Å². The average molecular weight is 248 g/mol. The monoisotopic (exact) mass is 248 g/mol. The van der Waals surface area contributed by atoms with Crippen LogP contribution in [0.2, 0.25) is 0 Å². The normalized spacial score (nSPS) is 19.7. The van der Waals surface area contributed by atoms with E-state index >= 15 is 0 Å². The summed E-state index contributed by atoms with van der Waals surface area (Å²) in [7, 11) is 0. The maximum atomic E-state index is 5.95. The van der Waals surface area contributed by atoms with Crippen molar-refractivity contribution in [1.29, 1.82) is 0 Å². The maximum Gasteiger partial charge on any atom is 0.119 e. The van der Waals surface area contributed by atoms with Crippen molar-refractivity contribution in [2.45, 2.75) is 38.8 Å². The van der Waals surface area contributed by atoms with Gasteiger partial charge >= 0.3 is 0 Å². The molecule has 1 aromatic rings. The summed E-state index contributed by atoms with van der Waals surface area (Å²) in [5.41, 5.74) is 7.30. The van der Waals surface area contributed by atoms with Crippen LogP contribution in [0.3, 0.4) is 0 Å². The molecule has 0 spiro atoms. The van der Waals surface area contributed by atoms with E-state index in [1.54, 1.807) is 0 Å². The van der Waals surface area contributed by atoms with Crippen LogP contribution in [0, 0.1) is 0 Å². The quantitative estimate of drug-likeness (QED) is 0.890. The molecule has 1 fully saturated rings. The molecule has 3 heteroatoms. The molecule has 2 N–H and O–H groups in total. The van der Waals surface area contributed by atoms with E-state index in [4.69, 9.17) is 10.5 Å². The molecule has 1 unspecified atom stereocenters. The van der Waals surface area contributed by atoms with E-state index in [-0.39, 0.29) is 0 Å². The molecule has 100 valence electrons. The summed E-state index contributed by atoms with van der Waals surface area (Å²) < 4.78 is 5.47. The molecule has 1 saturated heterocycles. The summed E-state index contributed by atoms with van der Waals surface area (Å²) in [6.07, 6.45) is 2.22. The van der Waals surface area contributed by atoms with Gasteiger partial charge in [0.15, 0.2) is 0 Å². The molecule has 1 atom stereocenters. The Kier molecular flexibility index (Phi) is 4.61. The molecule has 18 heavy (non-hydrogen) atoms. The lowest BCUT2D eigenvalue weighted by Gasteiger charge is -2.35. The van der Waals surface area contributed by atoms with Gasteiger partial charge in [0, 0.05) is 25.2 Å². The minimum Gasteiger partial charge on any atom is -0.494 e. The Hall–Kier alpha value is -1.06. The Morgan fingerprint density at radius 2 is 1.89 bits per heavy atom. The lowest BCUT2D eigenvalue weighted by atomic mass is 10.0. The van der Waals surface area contributed by atoms with E-state index in [9.17, 15) is 0 Å². The number of rotatable bonds is 4. The molecule has 3 nitrogen and oxygen atoms in total. The van der Waals surface area contributed by atoms with Crippen LogP contribution in [0.4, 0.5) is 0 Å². The number of hydrogen-bond acceptors (Lipinski definition) is 3. The van der Waals surface area contributed by atoms with E-state index in [0.29, 0.717) is 12.1 Å². The average Bonchev–Trinajstić information content (AvgIpc) is 2.40. The van der Waals surface area contributed by atoms with Gasteiger partial charge in [-0.1, -0.05) is 12.1 Å². The summed E-state index contributed by atoms with van der Waals surface area (Å²) in [5, 5.41) is 0. The zero-order valence-corrected chi connectivity index (χ0v) is 11.4. The lowest BCUT2D eigenvalue weighted by Crippen LogP contribution is -2.40. The molecule has 1 heterocycles. The smallest absolute Gasteiger partial charge is 0.119 e. The van der Waals surface area contributed by atoms with Crippen molar-refractivity contribution in [3.8, 4) is 5.75 Å². The number of benzene rings is 1. The van der Waals surface area contributed by atoms with Gasteiger partial charge in [0.1, 0.15) is 5.75 Å². The highest BCUT2D eigenvalue weighted by molar-refractivity contribution is 5.29. The predicted octanol–water partition coefficient (Wildman–Crippen LogP) is 2.57. The second-order valence-corrected chi connectivity index (χ2v) is 5.05. The summed E-state index contributed by atoms with van der Waals surface area (Å²) >= 11 is 0. The molecule has 2 rings (SSSR count). The number of piperidine rings is 1. The van der Waals surface area contributed by atoms with Crippen LogP contribution in [0.25, 0.3) is 0 Å². The van der Waals surface area contributed by atoms with Crippen molar-refractivity contribution in [3.05, 3.63) is 29.8 Å². The highest BCUT2D eigenvalue weighted by Crippen LogP contribution is 2.25. The van der Waals surface area contributed by atoms with Crippen molar-refractivity contribution in [3.63, 3.8) is 0 Å². The van der Waals surface area contributed by atoms with E-state index in [1.807, 2.05) is 6.92 Å². The molecule has 0 amide bonds. The Bertz CT molecular complexity index is 355. The minimum absolute atomic E-state index is 0.397. The van der Waals surface area contributed by atoms with E-state index < -0.39 is 0 Å². The third kappa shape index (κ3) is 3.24. The number of ether oxygens (including phenoxy) is 1. The van der Waals surface area contributed by atoms with E-state index in [2.05, 4.69) is 36.1 Å². The largest absolute Gasteiger partial charge is 0.494 e. The maximum absolute atomic E-state index is 5.95. The molecular formula is C15H24N2O. The molecule has 0 aromatic heterocycles. The first-order valence-corrected chi connectivity index (χ1v) is 6.93. The first kappa shape index (κ1) is 13.4. The standard InChI is InChI=1S/C15H24N2O/c1-3-18-15-6-4-13(5-7-15)12(2)17-10-8-14(16)9-11-17/h4-7,12,14H,3,8-11,16H2,1-2H3. The second kappa shape index (κ2) is 6.21. The van der Waals surface area contributed by atoms with Crippen molar-refractivity contribution >= 4 is 0 Å². The van der Waals surface area contributed by atoms with Gasteiger partial charge < -0.3 is 10.5 Å². The summed E-state index contributed by atoms with van der Waals surface area (Å²) in [5.74, 6) is 0.953. The summed E-state index contributed by atoms with van der Waals surface area (Å²) in [6, 6.07) is 9.33. The minimum atomic E-state index is 0.397. The number of nitrogens with two attached hydrogens (primary N) is 1. The highest BCUT2D eigenvalue weighted by Gasteiger charge is 2.21. The lowest BCUT2D eigenvalue weighted by molar-refractivity contribution is 0.163. The zero-order chi connectivity index (χ0) is 13.0. The SMILES string of the molecule is CCOc1ccc(C(C)N2CCC(N)CC2)cc1. The number of likely N-dealkylation sites (tertiary alicyclic amines) is 1. The Morgan fingerprint density at radius 1 is 1.28 bits per heavy atom. The van der Waals surface area contributed by atoms with Crippen molar-refractivity contribution in [2.75, 3.05) is 19.7 Å². The topological polar surface area (TPSA) is 38.5 Å². The molecule has 0 saturated carbocycles. The molecule has 0 radical (unpaired) electrons. The first-order valence-electron chi connectivity index (χ1n) is 6.93. The first-order chi connectivity index (χ1) is 8.70. The fraction of sp³-hybridized carbons (Fsp3) is 0.600. The highest BCUT2D eigenvalue weighted by atomic mass is 16.5. The van der Waals surface area contributed by atoms with Crippen molar-refractivity contribution in [2.24, 2.45) is 5.73 Å². The summed E-state index contributed by atoms with van der Waals surface area (Å²) in [4.78, 5) is 2.51. The second-order valence-electron chi connectivity index (χ2n) is 5.05. The van der Waals surface area contributed by atoms with Gasteiger partial charge in [0.2, 0.25) is 0 Å². The fourth-order valence-electron chi connectivity index (χ4n) is 2.53. The van der Waals surface area contributed by atoms with Gasteiger partial charge in [-0.3, -0.25) is 4.90 Å². The fourth-order valence-corrected chi connectivity index (χ4v) is 2.53. The van der Waals surface area contributed by atoms with Gasteiger partial charge in [-0.25, -0.2) is 0 Å². The Balaban J connectivity index is 1.97. The van der Waals surface area contributed by atoms with E-state index in [0.717, 1.165) is 38.3 Å². The van der Waals surface area contributed by atoms with E-state index in [1.165, 1.54) is 5.56 Å². The molecule has 1 aliphatic heterocycles. The van der Waals surface area contributed by atoms with Crippen LogP contribution in [-0.4, -0.2) is 30.6 Å². The van der Waals surface area contributed by atoms with Crippen LogP contribution in [-0.2, 0) is 0 Å². The van der Waals surface area contributed by atoms with Crippen LogP contribution >= 0.6 is 0 Å². The third-order valence-corrected chi connectivity index (χ3v) is 3.80.